The summed E-state index contributed by atoms with van der Waals surface area (Å²) in [4.78, 5) is 0. The molecule has 3 heteroatoms. The molecule has 0 bridgehead atoms. The van der Waals surface area contributed by atoms with Crippen molar-refractivity contribution in [1.82, 2.24) is 5.32 Å². The second-order valence-electron chi connectivity index (χ2n) is 4.17. The molecule has 0 spiro atoms. The molecular weight excluding hydrogens is 190 g/mol. The fraction of sp³-hybridized carbons (Fsp3) is 0.500. The highest BCUT2D eigenvalue weighted by Gasteiger charge is 2.25. The molecule has 1 unspecified atom stereocenters. The average Bonchev–Trinajstić information content (AvgIpc) is 2.57. The Labute approximate surface area is 89.4 Å². The molecule has 0 saturated carbocycles. The minimum Gasteiger partial charge on any atom is -0.487 e. The number of nitrogens with one attached hydrogen (secondary N) is 1. The summed E-state index contributed by atoms with van der Waals surface area (Å²) in [7, 11) is 0. The topological polar surface area (TPSA) is 30.5 Å². The maximum Gasteiger partial charge on any atom is 0.126 e. The van der Waals surface area contributed by atoms with Crippen molar-refractivity contribution in [3.63, 3.8) is 0 Å². The van der Waals surface area contributed by atoms with Crippen molar-refractivity contribution < 1.29 is 9.47 Å². The van der Waals surface area contributed by atoms with Gasteiger partial charge in [-0.3, -0.25) is 0 Å². The standard InChI is InChI=1S/C12H15NO2/c1-2-4-12-9(3-1)5-10(15-12)8-14-11-6-13-7-11/h1-4,10-11,13H,5-8H2. The first-order valence-electron chi connectivity index (χ1n) is 5.49. The van der Waals surface area contributed by atoms with Gasteiger partial charge in [0, 0.05) is 19.5 Å². The van der Waals surface area contributed by atoms with Crippen LogP contribution in [0.25, 0.3) is 0 Å². The van der Waals surface area contributed by atoms with E-state index in [1.54, 1.807) is 0 Å². The Hall–Kier alpha value is -1.06. The first-order valence-corrected chi connectivity index (χ1v) is 5.49. The van der Waals surface area contributed by atoms with Crippen LogP contribution in [-0.4, -0.2) is 31.9 Å². The van der Waals surface area contributed by atoms with Crippen LogP contribution in [0, 0.1) is 0 Å². The Kier molecular flexibility index (Phi) is 2.35. The predicted molar refractivity (Wildman–Crippen MR) is 57.2 cm³/mol. The van der Waals surface area contributed by atoms with E-state index in [-0.39, 0.29) is 6.10 Å². The van der Waals surface area contributed by atoms with E-state index in [0.29, 0.717) is 12.7 Å². The van der Waals surface area contributed by atoms with E-state index in [1.165, 1.54) is 5.56 Å². The van der Waals surface area contributed by atoms with E-state index in [2.05, 4.69) is 17.4 Å². The number of ether oxygens (including phenoxy) is 2. The van der Waals surface area contributed by atoms with E-state index in [4.69, 9.17) is 9.47 Å². The molecule has 2 heterocycles. The van der Waals surface area contributed by atoms with Crippen molar-refractivity contribution in [2.75, 3.05) is 19.7 Å². The van der Waals surface area contributed by atoms with Crippen molar-refractivity contribution in [2.24, 2.45) is 0 Å². The summed E-state index contributed by atoms with van der Waals surface area (Å²) in [5, 5.41) is 3.19. The van der Waals surface area contributed by atoms with Gasteiger partial charge >= 0.3 is 0 Å². The second kappa shape index (κ2) is 3.83. The molecule has 15 heavy (non-hydrogen) atoms. The summed E-state index contributed by atoms with van der Waals surface area (Å²) < 4.78 is 11.5. The van der Waals surface area contributed by atoms with Crippen LogP contribution < -0.4 is 10.1 Å². The van der Waals surface area contributed by atoms with Crippen LogP contribution in [-0.2, 0) is 11.2 Å². The number of hydrogen-bond donors (Lipinski definition) is 1. The van der Waals surface area contributed by atoms with Gasteiger partial charge < -0.3 is 14.8 Å². The number of fused-ring (bicyclic) bond motifs is 1. The minimum atomic E-state index is 0.211. The minimum absolute atomic E-state index is 0.211. The lowest BCUT2D eigenvalue weighted by Crippen LogP contribution is -2.49. The van der Waals surface area contributed by atoms with Crippen LogP contribution in [0.3, 0.4) is 0 Å². The Morgan fingerprint density at radius 1 is 1.33 bits per heavy atom. The molecule has 0 amide bonds. The molecule has 1 aromatic rings. The lowest BCUT2D eigenvalue weighted by molar-refractivity contribution is -0.0172. The van der Waals surface area contributed by atoms with E-state index in [0.717, 1.165) is 25.3 Å². The highest BCUT2D eigenvalue weighted by atomic mass is 16.5. The van der Waals surface area contributed by atoms with E-state index < -0.39 is 0 Å². The Balaban J connectivity index is 1.54. The molecule has 3 rings (SSSR count). The third kappa shape index (κ3) is 1.85. The van der Waals surface area contributed by atoms with Crippen molar-refractivity contribution in [3.8, 4) is 5.75 Å². The van der Waals surface area contributed by atoms with Gasteiger partial charge in [0.25, 0.3) is 0 Å². The summed E-state index contributed by atoms with van der Waals surface area (Å²) >= 11 is 0. The normalized spacial score (nSPS) is 24.4. The Morgan fingerprint density at radius 2 is 2.20 bits per heavy atom. The lowest BCUT2D eigenvalue weighted by Gasteiger charge is -2.28. The maximum atomic E-state index is 5.78. The highest BCUT2D eigenvalue weighted by molar-refractivity contribution is 5.37. The van der Waals surface area contributed by atoms with Crippen molar-refractivity contribution in [1.29, 1.82) is 0 Å². The first-order chi connectivity index (χ1) is 7.42. The molecule has 2 aliphatic heterocycles. The SMILES string of the molecule is c1ccc2c(c1)CC(COC1CNC1)O2. The summed E-state index contributed by atoms with van der Waals surface area (Å²) in [5.41, 5.74) is 1.30. The summed E-state index contributed by atoms with van der Waals surface area (Å²) in [6.45, 7) is 2.68. The Bertz CT molecular complexity index is 324. The van der Waals surface area contributed by atoms with E-state index >= 15 is 0 Å². The molecule has 2 aliphatic rings. The monoisotopic (exact) mass is 205 g/mol. The second-order valence-corrected chi connectivity index (χ2v) is 4.17. The molecule has 0 aromatic heterocycles. The summed E-state index contributed by atoms with van der Waals surface area (Å²) in [5.74, 6) is 1.03. The quantitative estimate of drug-likeness (QED) is 0.798. The maximum absolute atomic E-state index is 5.78. The van der Waals surface area contributed by atoms with Gasteiger partial charge in [0.1, 0.15) is 11.9 Å². The van der Waals surface area contributed by atoms with Gasteiger partial charge in [-0.15, -0.1) is 0 Å². The third-order valence-electron chi connectivity index (χ3n) is 2.98. The largest absolute Gasteiger partial charge is 0.487 e. The third-order valence-corrected chi connectivity index (χ3v) is 2.98. The molecule has 1 atom stereocenters. The summed E-state index contributed by atoms with van der Waals surface area (Å²) in [6, 6.07) is 8.22. The lowest BCUT2D eigenvalue weighted by atomic mass is 10.1. The Morgan fingerprint density at radius 3 is 2.93 bits per heavy atom. The van der Waals surface area contributed by atoms with Crippen LogP contribution in [0.2, 0.25) is 0 Å². The van der Waals surface area contributed by atoms with Gasteiger partial charge in [0.2, 0.25) is 0 Å². The smallest absolute Gasteiger partial charge is 0.126 e. The molecule has 1 fully saturated rings. The van der Waals surface area contributed by atoms with Crippen LogP contribution in [0.5, 0.6) is 5.75 Å². The molecule has 3 nitrogen and oxygen atoms in total. The van der Waals surface area contributed by atoms with Gasteiger partial charge in [-0.05, 0) is 11.6 Å². The first kappa shape index (κ1) is 9.19. The molecule has 80 valence electrons. The molecule has 1 aromatic carbocycles. The van der Waals surface area contributed by atoms with Gasteiger partial charge in [0.05, 0.1) is 12.7 Å². The van der Waals surface area contributed by atoms with E-state index in [9.17, 15) is 0 Å². The fourth-order valence-corrected chi connectivity index (χ4v) is 1.97. The average molecular weight is 205 g/mol. The zero-order chi connectivity index (χ0) is 10.1. The summed E-state index contributed by atoms with van der Waals surface area (Å²) in [6.07, 6.45) is 1.59. The van der Waals surface area contributed by atoms with Crippen LogP contribution in [0.15, 0.2) is 24.3 Å². The molecule has 0 aliphatic carbocycles. The van der Waals surface area contributed by atoms with Crippen molar-refractivity contribution in [2.45, 2.75) is 18.6 Å². The fourth-order valence-electron chi connectivity index (χ4n) is 1.97. The molecule has 1 saturated heterocycles. The number of para-hydroxylation sites is 1. The zero-order valence-electron chi connectivity index (χ0n) is 8.61. The molecule has 1 N–H and O–H groups in total. The van der Waals surface area contributed by atoms with Crippen LogP contribution >= 0.6 is 0 Å². The zero-order valence-corrected chi connectivity index (χ0v) is 8.61. The van der Waals surface area contributed by atoms with Gasteiger partial charge in [-0.2, -0.15) is 0 Å². The van der Waals surface area contributed by atoms with Crippen LogP contribution in [0.1, 0.15) is 5.56 Å². The van der Waals surface area contributed by atoms with Crippen molar-refractivity contribution >= 4 is 0 Å². The van der Waals surface area contributed by atoms with Gasteiger partial charge in [-0.25, -0.2) is 0 Å². The number of hydrogen-bond acceptors (Lipinski definition) is 3. The van der Waals surface area contributed by atoms with Crippen molar-refractivity contribution in [3.05, 3.63) is 29.8 Å². The highest BCUT2D eigenvalue weighted by Crippen LogP contribution is 2.28. The predicted octanol–water partition coefficient (Wildman–Crippen LogP) is 0.978. The van der Waals surface area contributed by atoms with Gasteiger partial charge in [-0.1, -0.05) is 18.2 Å². The number of rotatable bonds is 3. The van der Waals surface area contributed by atoms with Crippen LogP contribution in [0.4, 0.5) is 0 Å². The van der Waals surface area contributed by atoms with Gasteiger partial charge in [0.15, 0.2) is 0 Å². The molecule has 0 radical (unpaired) electrons. The number of benzene rings is 1. The van der Waals surface area contributed by atoms with E-state index in [1.807, 2.05) is 12.1 Å². The molecular formula is C12H15NO2.